The average molecular weight is 453 g/mol. The Morgan fingerprint density at radius 3 is 2.06 bits per heavy atom. The fraction of sp³-hybridized carbons (Fsp3) is 0.0741. The van der Waals surface area contributed by atoms with Gasteiger partial charge in [0.25, 0.3) is 11.8 Å². The summed E-state index contributed by atoms with van der Waals surface area (Å²) >= 11 is 0. The molecule has 0 saturated carbocycles. The van der Waals surface area contributed by atoms with Gasteiger partial charge in [-0.3, -0.25) is 14.4 Å². The first kappa shape index (κ1) is 22.5. The molecule has 170 valence electrons. The predicted molar refractivity (Wildman–Crippen MR) is 130 cm³/mol. The lowest BCUT2D eigenvalue weighted by atomic mass is 10.0. The highest BCUT2D eigenvalue weighted by atomic mass is 16.3. The van der Waals surface area contributed by atoms with E-state index in [-0.39, 0.29) is 17.6 Å². The van der Waals surface area contributed by atoms with Gasteiger partial charge in [0.1, 0.15) is 6.04 Å². The summed E-state index contributed by atoms with van der Waals surface area (Å²) in [5.74, 6) is -0.926. The van der Waals surface area contributed by atoms with E-state index in [1.54, 1.807) is 60.7 Å². The van der Waals surface area contributed by atoms with Crippen molar-refractivity contribution in [3.63, 3.8) is 0 Å². The second kappa shape index (κ2) is 10.8. The average Bonchev–Trinajstić information content (AvgIpc) is 3.40. The Labute approximate surface area is 196 Å². The van der Waals surface area contributed by atoms with Crippen LogP contribution in [0.15, 0.2) is 108 Å². The van der Waals surface area contributed by atoms with Crippen molar-refractivity contribution in [1.29, 1.82) is 0 Å². The summed E-state index contributed by atoms with van der Waals surface area (Å²) < 4.78 is 5.10. The first-order valence-electron chi connectivity index (χ1n) is 10.7. The van der Waals surface area contributed by atoms with Gasteiger partial charge in [-0.05, 0) is 48.0 Å². The highest BCUT2D eigenvalue weighted by Gasteiger charge is 2.22. The van der Waals surface area contributed by atoms with Gasteiger partial charge in [-0.1, -0.05) is 54.6 Å². The lowest BCUT2D eigenvalue weighted by Gasteiger charge is -2.19. The molecule has 0 spiro atoms. The molecule has 0 radical (unpaired) electrons. The number of furan rings is 1. The first-order chi connectivity index (χ1) is 16.6. The molecule has 3 aromatic carbocycles. The zero-order valence-corrected chi connectivity index (χ0v) is 18.2. The fourth-order valence-electron chi connectivity index (χ4n) is 3.39. The minimum atomic E-state index is -0.809. The second-order valence-corrected chi connectivity index (χ2v) is 7.58. The topological polar surface area (TPSA) is 100 Å². The monoisotopic (exact) mass is 453 g/mol. The number of hydrogen-bond acceptors (Lipinski definition) is 4. The van der Waals surface area contributed by atoms with E-state index in [2.05, 4.69) is 16.0 Å². The van der Waals surface area contributed by atoms with E-state index >= 15 is 0 Å². The van der Waals surface area contributed by atoms with Crippen LogP contribution in [-0.4, -0.2) is 23.8 Å². The van der Waals surface area contributed by atoms with Crippen molar-refractivity contribution in [2.24, 2.45) is 0 Å². The molecule has 0 bridgehead atoms. The van der Waals surface area contributed by atoms with Gasteiger partial charge in [0, 0.05) is 23.4 Å². The fourth-order valence-corrected chi connectivity index (χ4v) is 3.39. The number of hydrogen-bond donors (Lipinski definition) is 3. The van der Waals surface area contributed by atoms with E-state index in [1.165, 1.54) is 6.26 Å². The van der Waals surface area contributed by atoms with E-state index in [0.29, 0.717) is 23.4 Å². The molecule has 7 nitrogen and oxygen atoms in total. The maximum Gasteiger partial charge on any atom is 0.291 e. The summed E-state index contributed by atoms with van der Waals surface area (Å²) in [4.78, 5) is 38.2. The van der Waals surface area contributed by atoms with E-state index in [0.717, 1.165) is 5.56 Å². The third-order valence-electron chi connectivity index (χ3n) is 5.07. The molecule has 1 aromatic heterocycles. The molecule has 0 fully saturated rings. The van der Waals surface area contributed by atoms with E-state index in [1.807, 2.05) is 36.4 Å². The number of carbonyl (C=O) groups excluding carboxylic acids is 3. The third kappa shape index (κ3) is 5.98. The molecule has 3 amide bonds. The number of anilines is 2. The minimum absolute atomic E-state index is 0.181. The van der Waals surface area contributed by atoms with Crippen molar-refractivity contribution in [3.05, 3.63) is 120 Å². The molecule has 1 unspecified atom stereocenters. The van der Waals surface area contributed by atoms with Crippen LogP contribution in [0.25, 0.3) is 0 Å². The van der Waals surface area contributed by atoms with Gasteiger partial charge in [-0.25, -0.2) is 0 Å². The number of rotatable bonds is 8. The standard InChI is InChI=1S/C27H23N3O4/c31-25(20-11-5-2-6-12-20)30-23(17-19-9-3-1-4-10-19)26(32)28-21-13-7-14-22(18-21)29-27(33)24-15-8-16-34-24/h1-16,18,23H,17H2,(H,28,32)(H,29,33)(H,30,31). The van der Waals surface area contributed by atoms with Crippen molar-refractivity contribution >= 4 is 29.1 Å². The van der Waals surface area contributed by atoms with Crippen molar-refractivity contribution < 1.29 is 18.8 Å². The number of carbonyl (C=O) groups is 3. The Morgan fingerprint density at radius 2 is 1.38 bits per heavy atom. The lowest BCUT2D eigenvalue weighted by molar-refractivity contribution is -0.118. The molecule has 1 heterocycles. The van der Waals surface area contributed by atoms with Gasteiger partial charge >= 0.3 is 0 Å². The summed E-state index contributed by atoms with van der Waals surface area (Å²) in [5.41, 5.74) is 2.35. The molecule has 0 aliphatic rings. The smallest absolute Gasteiger partial charge is 0.291 e. The summed E-state index contributed by atoms with van der Waals surface area (Å²) in [7, 11) is 0. The molecular formula is C27H23N3O4. The van der Waals surface area contributed by atoms with E-state index in [9.17, 15) is 14.4 Å². The van der Waals surface area contributed by atoms with E-state index in [4.69, 9.17) is 4.42 Å². The maximum absolute atomic E-state index is 13.2. The van der Waals surface area contributed by atoms with Gasteiger partial charge in [-0.2, -0.15) is 0 Å². The molecular weight excluding hydrogens is 430 g/mol. The SMILES string of the molecule is O=C(NC(Cc1ccccc1)C(=O)Nc1cccc(NC(=O)c2ccco2)c1)c1ccccc1. The van der Waals surface area contributed by atoms with E-state index < -0.39 is 11.9 Å². The van der Waals surface area contributed by atoms with Crippen LogP contribution in [0.2, 0.25) is 0 Å². The Morgan fingerprint density at radius 1 is 0.706 bits per heavy atom. The van der Waals surface area contributed by atoms with Crippen LogP contribution in [0.1, 0.15) is 26.5 Å². The molecule has 34 heavy (non-hydrogen) atoms. The van der Waals surface area contributed by atoms with Crippen LogP contribution in [0.4, 0.5) is 11.4 Å². The van der Waals surface area contributed by atoms with Gasteiger partial charge in [0.05, 0.1) is 6.26 Å². The van der Waals surface area contributed by atoms with Crippen molar-refractivity contribution in [2.45, 2.75) is 12.5 Å². The Balaban J connectivity index is 1.48. The molecule has 0 saturated heterocycles. The summed E-state index contributed by atoms with van der Waals surface area (Å²) in [6.45, 7) is 0. The van der Waals surface area contributed by atoms with Crippen molar-refractivity contribution in [1.82, 2.24) is 5.32 Å². The lowest BCUT2D eigenvalue weighted by Crippen LogP contribution is -2.45. The second-order valence-electron chi connectivity index (χ2n) is 7.58. The molecule has 3 N–H and O–H groups in total. The molecule has 4 aromatic rings. The van der Waals surface area contributed by atoms with Crippen LogP contribution >= 0.6 is 0 Å². The van der Waals surface area contributed by atoms with Gasteiger partial charge < -0.3 is 20.4 Å². The van der Waals surface area contributed by atoms with Crippen LogP contribution in [0.3, 0.4) is 0 Å². The van der Waals surface area contributed by atoms with Crippen molar-refractivity contribution in [2.75, 3.05) is 10.6 Å². The largest absolute Gasteiger partial charge is 0.459 e. The summed E-state index contributed by atoms with van der Waals surface area (Å²) in [6.07, 6.45) is 1.74. The Bertz CT molecular complexity index is 1260. The number of benzene rings is 3. The van der Waals surface area contributed by atoms with Crippen LogP contribution in [0.5, 0.6) is 0 Å². The molecule has 0 aliphatic heterocycles. The minimum Gasteiger partial charge on any atom is -0.459 e. The quantitative estimate of drug-likeness (QED) is 0.365. The zero-order chi connectivity index (χ0) is 23.8. The highest BCUT2D eigenvalue weighted by molar-refractivity contribution is 6.03. The summed E-state index contributed by atoms with van der Waals surface area (Å²) in [6, 6.07) is 27.3. The van der Waals surface area contributed by atoms with Crippen molar-refractivity contribution in [3.8, 4) is 0 Å². The molecule has 4 rings (SSSR count). The maximum atomic E-state index is 13.2. The highest BCUT2D eigenvalue weighted by Crippen LogP contribution is 2.17. The Hall–Kier alpha value is -4.65. The van der Waals surface area contributed by atoms with Gasteiger partial charge in [-0.15, -0.1) is 0 Å². The molecule has 1 atom stereocenters. The normalized spacial score (nSPS) is 11.3. The molecule has 7 heteroatoms. The number of amides is 3. The van der Waals surface area contributed by atoms with Gasteiger partial charge in [0.2, 0.25) is 5.91 Å². The summed E-state index contributed by atoms with van der Waals surface area (Å²) in [5, 5.41) is 8.40. The first-order valence-corrected chi connectivity index (χ1v) is 10.7. The third-order valence-corrected chi connectivity index (χ3v) is 5.07. The number of nitrogens with one attached hydrogen (secondary N) is 3. The van der Waals surface area contributed by atoms with Crippen LogP contribution in [-0.2, 0) is 11.2 Å². The van der Waals surface area contributed by atoms with Crippen LogP contribution < -0.4 is 16.0 Å². The predicted octanol–water partition coefficient (Wildman–Crippen LogP) is 4.51. The zero-order valence-electron chi connectivity index (χ0n) is 18.2. The van der Waals surface area contributed by atoms with Crippen LogP contribution in [0, 0.1) is 0 Å². The Kier molecular flexibility index (Phi) is 7.15. The van der Waals surface area contributed by atoms with Gasteiger partial charge in [0.15, 0.2) is 5.76 Å². The molecule has 0 aliphatic carbocycles.